The Balaban J connectivity index is 1.29. The molecule has 204 valence electrons. The van der Waals surface area contributed by atoms with Crippen molar-refractivity contribution in [3.63, 3.8) is 0 Å². The number of hydrogen-bond donors (Lipinski definition) is 2. The largest absolute Gasteiger partial charge is 0.359 e. The number of piperidine rings is 2. The highest BCUT2D eigenvalue weighted by Gasteiger charge is 2.24. The second-order valence-electron chi connectivity index (χ2n) is 10.6. The number of carbonyl (C=O) groups excluding carboxylic acids is 2. The van der Waals surface area contributed by atoms with E-state index in [0.29, 0.717) is 24.8 Å². The number of aryl methyl sites for hydroxylation is 1. The summed E-state index contributed by atoms with van der Waals surface area (Å²) in [5.41, 5.74) is 9.21. The van der Waals surface area contributed by atoms with Gasteiger partial charge >= 0.3 is 0 Å². The van der Waals surface area contributed by atoms with E-state index in [1.165, 1.54) is 5.56 Å². The van der Waals surface area contributed by atoms with E-state index < -0.39 is 0 Å². The standard InChI is InChI=1S/C27H43N7O2S/c1-29-26(36)7-5-22(19-35)27-24-6-4-21(18-25(24)32(3)30-27)20-8-12-33(13-9-20)17-16-31(2)37-34-14-10-23(28)11-15-34/h4,6,18-20,22-23H,5,7-17,28H2,1-3H3,(H,29,36). The molecular formula is C27H43N7O2S. The first-order chi connectivity index (χ1) is 17.9. The maximum absolute atomic E-state index is 11.8. The summed E-state index contributed by atoms with van der Waals surface area (Å²) in [6.07, 6.45) is 6.20. The van der Waals surface area contributed by atoms with Crippen LogP contribution in [0.3, 0.4) is 0 Å². The van der Waals surface area contributed by atoms with E-state index in [0.717, 1.165) is 87.8 Å². The van der Waals surface area contributed by atoms with Gasteiger partial charge in [-0.2, -0.15) is 5.10 Å². The number of fused-ring (bicyclic) bond motifs is 1. The van der Waals surface area contributed by atoms with Gasteiger partial charge in [0.05, 0.1) is 17.1 Å². The predicted molar refractivity (Wildman–Crippen MR) is 150 cm³/mol. The molecule has 1 amide bonds. The van der Waals surface area contributed by atoms with E-state index in [2.05, 4.69) is 49.2 Å². The summed E-state index contributed by atoms with van der Waals surface area (Å²) in [6.45, 7) is 6.54. The molecule has 0 bridgehead atoms. The number of amides is 1. The predicted octanol–water partition coefficient (Wildman–Crippen LogP) is 2.48. The minimum Gasteiger partial charge on any atom is -0.359 e. The van der Waals surface area contributed by atoms with Gasteiger partial charge in [-0.15, -0.1) is 0 Å². The van der Waals surface area contributed by atoms with E-state index in [1.54, 1.807) is 7.05 Å². The first-order valence-corrected chi connectivity index (χ1v) is 14.4. The number of likely N-dealkylation sites (tertiary alicyclic amines) is 1. The lowest BCUT2D eigenvalue weighted by molar-refractivity contribution is -0.120. The van der Waals surface area contributed by atoms with Crippen LogP contribution >= 0.6 is 12.1 Å². The summed E-state index contributed by atoms with van der Waals surface area (Å²) >= 11 is 1.86. The van der Waals surface area contributed by atoms with Crippen LogP contribution in [-0.4, -0.2) is 94.9 Å². The minimum absolute atomic E-state index is 0.0571. The number of rotatable bonds is 11. The molecule has 2 fully saturated rings. The average molecular weight is 530 g/mol. The Morgan fingerprint density at radius 2 is 1.97 bits per heavy atom. The fourth-order valence-electron chi connectivity index (χ4n) is 5.48. The molecule has 9 nitrogen and oxygen atoms in total. The maximum Gasteiger partial charge on any atom is 0.219 e. The first-order valence-electron chi connectivity index (χ1n) is 13.6. The van der Waals surface area contributed by atoms with Gasteiger partial charge in [0.1, 0.15) is 6.29 Å². The number of aromatic nitrogens is 2. The normalized spacial score (nSPS) is 19.5. The second kappa shape index (κ2) is 13.2. The van der Waals surface area contributed by atoms with E-state index in [9.17, 15) is 9.59 Å². The molecule has 1 atom stereocenters. The zero-order chi connectivity index (χ0) is 26.4. The van der Waals surface area contributed by atoms with Crippen LogP contribution in [0.2, 0.25) is 0 Å². The van der Waals surface area contributed by atoms with Crippen molar-refractivity contribution in [2.24, 2.45) is 12.8 Å². The van der Waals surface area contributed by atoms with Gasteiger partial charge in [-0.25, -0.2) is 8.61 Å². The molecule has 1 aromatic heterocycles. The summed E-state index contributed by atoms with van der Waals surface area (Å²) in [4.78, 5) is 26.1. The van der Waals surface area contributed by atoms with Crippen molar-refractivity contribution < 1.29 is 9.59 Å². The van der Waals surface area contributed by atoms with Gasteiger partial charge in [-0.3, -0.25) is 9.48 Å². The highest BCUT2D eigenvalue weighted by Crippen LogP contribution is 2.33. The molecule has 0 aliphatic carbocycles. The van der Waals surface area contributed by atoms with Crippen LogP contribution in [0.1, 0.15) is 61.6 Å². The summed E-state index contributed by atoms with van der Waals surface area (Å²) in [5, 5.41) is 8.31. The molecule has 3 heterocycles. The van der Waals surface area contributed by atoms with Crippen molar-refractivity contribution in [2.75, 3.05) is 53.4 Å². The van der Waals surface area contributed by atoms with E-state index in [1.807, 2.05) is 23.9 Å². The van der Waals surface area contributed by atoms with Gasteiger partial charge in [0.25, 0.3) is 0 Å². The highest BCUT2D eigenvalue weighted by molar-refractivity contribution is 7.94. The van der Waals surface area contributed by atoms with Crippen molar-refractivity contribution in [3.05, 3.63) is 29.5 Å². The molecule has 2 aromatic rings. The lowest BCUT2D eigenvalue weighted by atomic mass is 9.88. The van der Waals surface area contributed by atoms with Crippen molar-refractivity contribution >= 4 is 35.2 Å². The van der Waals surface area contributed by atoms with Crippen LogP contribution in [0, 0.1) is 0 Å². The summed E-state index contributed by atoms with van der Waals surface area (Å²) in [7, 11) is 5.74. The Morgan fingerprint density at radius 3 is 2.65 bits per heavy atom. The molecule has 1 unspecified atom stereocenters. The molecule has 2 aliphatic rings. The molecular weight excluding hydrogens is 486 g/mol. The smallest absolute Gasteiger partial charge is 0.219 e. The highest BCUT2D eigenvalue weighted by atomic mass is 32.2. The monoisotopic (exact) mass is 529 g/mol. The molecule has 4 rings (SSSR count). The van der Waals surface area contributed by atoms with Crippen molar-refractivity contribution in [1.29, 1.82) is 0 Å². The molecule has 0 saturated carbocycles. The van der Waals surface area contributed by atoms with Crippen molar-refractivity contribution in [2.45, 2.75) is 56.4 Å². The van der Waals surface area contributed by atoms with Crippen LogP contribution in [0.5, 0.6) is 0 Å². The topological polar surface area (TPSA) is 99.7 Å². The Hall–Kier alpha value is -1.98. The molecule has 2 aliphatic heterocycles. The lowest BCUT2D eigenvalue weighted by Gasteiger charge is -2.35. The number of aldehydes is 1. The summed E-state index contributed by atoms with van der Waals surface area (Å²) in [6, 6.07) is 6.96. The maximum atomic E-state index is 11.8. The zero-order valence-electron chi connectivity index (χ0n) is 22.6. The second-order valence-corrected chi connectivity index (χ2v) is 11.9. The summed E-state index contributed by atoms with van der Waals surface area (Å²) < 4.78 is 6.68. The quantitative estimate of drug-likeness (QED) is 0.338. The zero-order valence-corrected chi connectivity index (χ0v) is 23.4. The van der Waals surface area contributed by atoms with Gasteiger partial charge in [-0.1, -0.05) is 12.1 Å². The third-order valence-electron chi connectivity index (χ3n) is 7.92. The number of hydrogen-bond acceptors (Lipinski definition) is 8. The van der Waals surface area contributed by atoms with Crippen LogP contribution in [-0.2, 0) is 16.6 Å². The Morgan fingerprint density at radius 1 is 1.24 bits per heavy atom. The van der Waals surface area contributed by atoms with E-state index >= 15 is 0 Å². The fourth-order valence-corrected chi connectivity index (χ4v) is 6.41. The number of likely N-dealkylation sites (N-methyl/N-ethyl adjacent to an activating group) is 1. The first kappa shape index (κ1) is 28.0. The van der Waals surface area contributed by atoms with Gasteiger partial charge in [0, 0.05) is 70.3 Å². The van der Waals surface area contributed by atoms with Gasteiger partial charge in [0.2, 0.25) is 5.91 Å². The number of nitrogens with two attached hydrogens (primary N) is 1. The number of nitrogens with one attached hydrogen (secondary N) is 1. The van der Waals surface area contributed by atoms with Crippen LogP contribution in [0.4, 0.5) is 0 Å². The van der Waals surface area contributed by atoms with Gasteiger partial charge < -0.3 is 20.7 Å². The van der Waals surface area contributed by atoms with Crippen LogP contribution < -0.4 is 11.1 Å². The molecule has 37 heavy (non-hydrogen) atoms. The molecule has 0 spiro atoms. The van der Waals surface area contributed by atoms with E-state index in [4.69, 9.17) is 5.73 Å². The van der Waals surface area contributed by atoms with Gasteiger partial charge in [0.15, 0.2) is 0 Å². The molecule has 3 N–H and O–H groups in total. The van der Waals surface area contributed by atoms with Crippen molar-refractivity contribution in [3.8, 4) is 0 Å². The number of carbonyl (C=O) groups is 2. The Bertz CT molecular complexity index is 1040. The lowest BCUT2D eigenvalue weighted by Crippen LogP contribution is -2.40. The third-order valence-corrected chi connectivity index (χ3v) is 8.98. The van der Waals surface area contributed by atoms with Crippen LogP contribution in [0.25, 0.3) is 10.9 Å². The van der Waals surface area contributed by atoms with E-state index in [-0.39, 0.29) is 11.8 Å². The molecule has 0 radical (unpaired) electrons. The minimum atomic E-state index is -0.376. The van der Waals surface area contributed by atoms with Crippen LogP contribution in [0.15, 0.2) is 18.2 Å². The molecule has 2 saturated heterocycles. The Kier molecular flexibility index (Phi) is 10.00. The third kappa shape index (κ3) is 7.32. The fraction of sp³-hybridized carbons (Fsp3) is 0.667. The SMILES string of the molecule is CNC(=O)CCC(C=O)c1nn(C)c2cc(C3CCN(CCN(C)SN4CCC(N)CC4)CC3)ccc12. The Labute approximate surface area is 225 Å². The van der Waals surface area contributed by atoms with Crippen molar-refractivity contribution in [1.82, 2.24) is 28.6 Å². The average Bonchev–Trinajstić information content (AvgIpc) is 3.24. The number of nitrogens with zero attached hydrogens (tertiary/aromatic N) is 5. The number of benzene rings is 1. The van der Waals surface area contributed by atoms with Gasteiger partial charge in [-0.05, 0) is 69.8 Å². The summed E-state index contributed by atoms with van der Waals surface area (Å²) in [5.74, 6) is 0.107. The molecule has 10 heteroatoms. The molecule has 1 aromatic carbocycles.